The van der Waals surface area contributed by atoms with Crippen LogP contribution in [0, 0.1) is 6.92 Å². The molecule has 1 fully saturated rings. The second-order valence-corrected chi connectivity index (χ2v) is 9.22. The van der Waals surface area contributed by atoms with E-state index >= 15 is 0 Å². The Balaban J connectivity index is 1.31. The topological polar surface area (TPSA) is 58.3 Å². The number of pyridine rings is 1. The van der Waals surface area contributed by atoms with Crippen molar-refractivity contribution in [3.8, 4) is 22.8 Å². The fourth-order valence-electron chi connectivity index (χ4n) is 4.52. The number of halogens is 1. The summed E-state index contributed by atoms with van der Waals surface area (Å²) in [6, 6.07) is 26.3. The van der Waals surface area contributed by atoms with Crippen LogP contribution in [0.5, 0.6) is 0 Å². The minimum absolute atomic E-state index is 0.498. The molecule has 1 saturated heterocycles. The standard InChI is InChI=1S/C28H24ClN5O/c1-19-9-11-20(12-10-19)27-31-28(35-32-27)24-18-26(30-25-8-3-2-7-23(24)25)34-15-13-33(14-16-34)22-6-4-5-21(29)17-22/h2-12,17-18H,13-16H2,1H3. The summed E-state index contributed by atoms with van der Waals surface area (Å²) in [6.07, 6.45) is 0. The van der Waals surface area contributed by atoms with Crippen LogP contribution in [-0.2, 0) is 0 Å². The van der Waals surface area contributed by atoms with Crippen LogP contribution in [0.25, 0.3) is 33.7 Å². The minimum atomic E-state index is 0.498. The van der Waals surface area contributed by atoms with E-state index in [4.69, 9.17) is 26.1 Å². The molecule has 0 bridgehead atoms. The first kappa shape index (κ1) is 21.6. The van der Waals surface area contributed by atoms with Crippen molar-refractivity contribution in [3.63, 3.8) is 0 Å². The van der Waals surface area contributed by atoms with Gasteiger partial charge < -0.3 is 14.3 Å². The molecule has 0 unspecified atom stereocenters. The number of aryl methyl sites for hydroxylation is 1. The maximum atomic E-state index is 6.20. The molecule has 0 amide bonds. The van der Waals surface area contributed by atoms with Crippen LogP contribution in [-0.4, -0.2) is 41.3 Å². The van der Waals surface area contributed by atoms with Gasteiger partial charge in [-0.25, -0.2) is 4.98 Å². The molecular weight excluding hydrogens is 458 g/mol. The average Bonchev–Trinajstić information content (AvgIpc) is 3.39. The third-order valence-corrected chi connectivity index (χ3v) is 6.68. The van der Waals surface area contributed by atoms with Crippen LogP contribution in [0.1, 0.15) is 5.56 Å². The zero-order valence-corrected chi connectivity index (χ0v) is 20.1. The van der Waals surface area contributed by atoms with Crippen molar-refractivity contribution in [1.82, 2.24) is 15.1 Å². The lowest BCUT2D eigenvalue weighted by molar-refractivity contribution is 0.432. The first-order valence-electron chi connectivity index (χ1n) is 11.7. The van der Waals surface area contributed by atoms with Gasteiger partial charge in [-0.15, -0.1) is 0 Å². The molecule has 3 heterocycles. The zero-order valence-electron chi connectivity index (χ0n) is 19.4. The predicted molar refractivity (Wildman–Crippen MR) is 141 cm³/mol. The monoisotopic (exact) mass is 481 g/mol. The van der Waals surface area contributed by atoms with E-state index < -0.39 is 0 Å². The summed E-state index contributed by atoms with van der Waals surface area (Å²) in [6.45, 7) is 5.56. The zero-order chi connectivity index (χ0) is 23.8. The summed E-state index contributed by atoms with van der Waals surface area (Å²) < 4.78 is 5.74. The van der Waals surface area contributed by atoms with Gasteiger partial charge in [0.1, 0.15) is 5.82 Å². The number of nitrogens with zero attached hydrogens (tertiary/aromatic N) is 5. The van der Waals surface area contributed by atoms with Crippen molar-refractivity contribution in [3.05, 3.63) is 89.4 Å². The van der Waals surface area contributed by atoms with Gasteiger partial charge in [0, 0.05) is 47.8 Å². The molecule has 0 aliphatic carbocycles. The fraction of sp³-hybridized carbons (Fsp3) is 0.179. The van der Waals surface area contributed by atoms with Crippen molar-refractivity contribution in [1.29, 1.82) is 0 Å². The van der Waals surface area contributed by atoms with Crippen molar-refractivity contribution >= 4 is 34.0 Å². The number of fused-ring (bicyclic) bond motifs is 1. The van der Waals surface area contributed by atoms with E-state index in [1.807, 2.05) is 66.7 Å². The number of rotatable bonds is 4. The molecule has 0 N–H and O–H groups in total. The van der Waals surface area contributed by atoms with E-state index in [1.165, 1.54) is 5.56 Å². The molecule has 6 nitrogen and oxygen atoms in total. The molecule has 2 aromatic heterocycles. The fourth-order valence-corrected chi connectivity index (χ4v) is 4.70. The number of hydrogen-bond donors (Lipinski definition) is 0. The maximum Gasteiger partial charge on any atom is 0.259 e. The lowest BCUT2D eigenvalue weighted by atomic mass is 10.1. The number of hydrogen-bond acceptors (Lipinski definition) is 6. The van der Waals surface area contributed by atoms with Gasteiger partial charge in [-0.1, -0.05) is 70.9 Å². The van der Waals surface area contributed by atoms with Crippen molar-refractivity contribution in [2.45, 2.75) is 6.92 Å². The Bertz CT molecular complexity index is 1490. The Labute approximate surface area is 208 Å². The molecule has 0 spiro atoms. The van der Waals surface area contributed by atoms with Crippen LogP contribution < -0.4 is 9.80 Å². The molecular formula is C28H24ClN5O. The minimum Gasteiger partial charge on any atom is -0.368 e. The van der Waals surface area contributed by atoms with Gasteiger partial charge in [0.15, 0.2) is 0 Å². The summed E-state index contributed by atoms with van der Waals surface area (Å²) >= 11 is 6.20. The third kappa shape index (κ3) is 4.33. The Hall–Kier alpha value is -3.90. The largest absolute Gasteiger partial charge is 0.368 e. The van der Waals surface area contributed by atoms with E-state index in [0.717, 1.165) is 64.7 Å². The summed E-state index contributed by atoms with van der Waals surface area (Å²) in [5, 5.41) is 6.01. The molecule has 1 aliphatic rings. The second kappa shape index (κ2) is 9.04. The second-order valence-electron chi connectivity index (χ2n) is 8.79. The van der Waals surface area contributed by atoms with Crippen LogP contribution in [0.4, 0.5) is 11.5 Å². The molecule has 0 atom stereocenters. The summed E-state index contributed by atoms with van der Waals surface area (Å²) in [5.74, 6) is 2.00. The van der Waals surface area contributed by atoms with E-state index in [0.29, 0.717) is 11.7 Å². The molecule has 0 saturated carbocycles. The normalized spacial score (nSPS) is 14.0. The Morgan fingerprint density at radius 2 is 1.57 bits per heavy atom. The summed E-state index contributed by atoms with van der Waals surface area (Å²) in [5.41, 5.74) is 5.08. The van der Waals surface area contributed by atoms with Gasteiger partial charge >= 0.3 is 0 Å². The van der Waals surface area contributed by atoms with E-state index in [9.17, 15) is 0 Å². The van der Waals surface area contributed by atoms with Crippen molar-refractivity contribution in [2.24, 2.45) is 0 Å². The van der Waals surface area contributed by atoms with Crippen LogP contribution in [0.2, 0.25) is 5.02 Å². The highest BCUT2D eigenvalue weighted by Crippen LogP contribution is 2.32. The van der Waals surface area contributed by atoms with Crippen molar-refractivity contribution < 1.29 is 4.52 Å². The number of aromatic nitrogens is 3. The average molecular weight is 482 g/mol. The van der Waals surface area contributed by atoms with Gasteiger partial charge in [-0.3, -0.25) is 0 Å². The SMILES string of the molecule is Cc1ccc(-c2noc(-c3cc(N4CCN(c5cccc(Cl)c5)CC4)nc4ccccc34)n2)cc1. The number of benzene rings is 3. The maximum absolute atomic E-state index is 6.20. The summed E-state index contributed by atoms with van der Waals surface area (Å²) in [4.78, 5) is 14.4. The number of para-hydroxylation sites is 1. The lowest BCUT2D eigenvalue weighted by Crippen LogP contribution is -2.46. The van der Waals surface area contributed by atoms with Crippen LogP contribution >= 0.6 is 11.6 Å². The van der Waals surface area contributed by atoms with Crippen molar-refractivity contribution in [2.75, 3.05) is 36.0 Å². The first-order valence-corrected chi connectivity index (χ1v) is 12.1. The van der Waals surface area contributed by atoms with E-state index in [2.05, 4.69) is 34.0 Å². The highest BCUT2D eigenvalue weighted by atomic mass is 35.5. The van der Waals surface area contributed by atoms with Gasteiger partial charge in [0.2, 0.25) is 5.82 Å². The molecule has 6 rings (SSSR count). The molecule has 5 aromatic rings. The Morgan fingerprint density at radius 3 is 2.37 bits per heavy atom. The number of piperazine rings is 1. The van der Waals surface area contributed by atoms with Gasteiger partial charge in [0.25, 0.3) is 5.89 Å². The molecule has 35 heavy (non-hydrogen) atoms. The lowest BCUT2D eigenvalue weighted by Gasteiger charge is -2.37. The smallest absolute Gasteiger partial charge is 0.259 e. The Kier molecular flexibility index (Phi) is 5.58. The third-order valence-electron chi connectivity index (χ3n) is 6.45. The van der Waals surface area contributed by atoms with E-state index in [1.54, 1.807) is 0 Å². The number of anilines is 2. The van der Waals surface area contributed by atoms with Gasteiger partial charge in [-0.05, 0) is 37.3 Å². The Morgan fingerprint density at radius 1 is 0.800 bits per heavy atom. The molecule has 1 aliphatic heterocycles. The molecule has 7 heteroatoms. The van der Waals surface area contributed by atoms with Crippen LogP contribution in [0.3, 0.4) is 0 Å². The van der Waals surface area contributed by atoms with Gasteiger partial charge in [-0.2, -0.15) is 4.98 Å². The highest BCUT2D eigenvalue weighted by Gasteiger charge is 2.22. The van der Waals surface area contributed by atoms with Crippen LogP contribution in [0.15, 0.2) is 83.4 Å². The predicted octanol–water partition coefficient (Wildman–Crippen LogP) is 6.24. The van der Waals surface area contributed by atoms with E-state index in [-0.39, 0.29) is 0 Å². The first-order chi connectivity index (χ1) is 17.1. The summed E-state index contributed by atoms with van der Waals surface area (Å²) in [7, 11) is 0. The quantitative estimate of drug-likeness (QED) is 0.303. The molecule has 0 radical (unpaired) electrons. The molecule has 3 aromatic carbocycles. The highest BCUT2D eigenvalue weighted by molar-refractivity contribution is 6.30. The molecule has 174 valence electrons. The van der Waals surface area contributed by atoms with Gasteiger partial charge in [0.05, 0.1) is 11.1 Å².